The maximum Gasteiger partial charge on any atom is 0.265 e. The minimum atomic E-state index is -0.387. The molecule has 6 heteroatoms. The van der Waals surface area contributed by atoms with E-state index in [2.05, 4.69) is 22.9 Å². The highest BCUT2D eigenvalue weighted by Crippen LogP contribution is 2.33. The van der Waals surface area contributed by atoms with E-state index in [-0.39, 0.29) is 5.91 Å². The second-order valence-corrected chi connectivity index (χ2v) is 5.62. The molecule has 138 valence electrons. The Morgan fingerprint density at radius 1 is 1.15 bits per heavy atom. The minimum absolute atomic E-state index is 0.387. The van der Waals surface area contributed by atoms with Crippen molar-refractivity contribution in [3.63, 3.8) is 0 Å². The van der Waals surface area contributed by atoms with Gasteiger partial charge in [0.2, 0.25) is 0 Å². The topological polar surface area (TPSA) is 85.6 Å². The second kappa shape index (κ2) is 10.2. The van der Waals surface area contributed by atoms with E-state index in [0.717, 1.165) is 18.5 Å². The van der Waals surface area contributed by atoms with Gasteiger partial charge in [-0.25, -0.2) is 5.84 Å². The molecule has 0 aromatic heterocycles. The van der Waals surface area contributed by atoms with Gasteiger partial charge in [-0.15, -0.1) is 0 Å². The Balaban J connectivity index is 2.00. The van der Waals surface area contributed by atoms with Gasteiger partial charge in [-0.3, -0.25) is 10.2 Å². The summed E-state index contributed by atoms with van der Waals surface area (Å²) in [5.41, 5.74) is 4.58. The number of carbonyl (C=O) groups is 1. The van der Waals surface area contributed by atoms with Crippen LogP contribution in [0, 0.1) is 0 Å². The van der Waals surface area contributed by atoms with Gasteiger partial charge in [-0.2, -0.15) is 0 Å². The normalized spacial score (nSPS) is 10.7. The third-order valence-corrected chi connectivity index (χ3v) is 3.89. The lowest BCUT2D eigenvalue weighted by Crippen LogP contribution is -2.30. The summed E-state index contributed by atoms with van der Waals surface area (Å²) in [6.07, 6.45) is 4.84. The monoisotopic (exact) mass is 355 g/mol. The van der Waals surface area contributed by atoms with Crippen LogP contribution in [-0.2, 0) is 6.42 Å². The maximum atomic E-state index is 11.8. The highest BCUT2D eigenvalue weighted by molar-refractivity contribution is 5.95. The van der Waals surface area contributed by atoms with Crippen LogP contribution in [0.4, 0.5) is 0 Å². The first-order chi connectivity index (χ1) is 12.7. The van der Waals surface area contributed by atoms with Gasteiger partial charge in [-0.05, 0) is 30.7 Å². The summed E-state index contributed by atoms with van der Waals surface area (Å²) in [5, 5.41) is 3.36. The molecule has 0 heterocycles. The third kappa shape index (κ3) is 5.34. The van der Waals surface area contributed by atoms with Crippen molar-refractivity contribution in [2.75, 3.05) is 27.3 Å². The molecule has 26 heavy (non-hydrogen) atoms. The number of nitrogens with one attached hydrogen (secondary N) is 2. The molecule has 4 N–H and O–H groups in total. The Labute approximate surface area is 154 Å². The zero-order valence-corrected chi connectivity index (χ0v) is 15.1. The van der Waals surface area contributed by atoms with E-state index in [1.165, 1.54) is 12.7 Å². The SMILES string of the molecule is COc1cc(C(=O)NN)cc(C=CCNCCc2ccccc2)c1OC. The van der Waals surface area contributed by atoms with Crippen molar-refractivity contribution < 1.29 is 14.3 Å². The summed E-state index contributed by atoms with van der Waals surface area (Å²) < 4.78 is 10.7. The quantitative estimate of drug-likeness (QED) is 0.278. The lowest BCUT2D eigenvalue weighted by atomic mass is 10.1. The molecule has 0 saturated heterocycles. The lowest BCUT2D eigenvalue weighted by Gasteiger charge is -2.12. The molecular weight excluding hydrogens is 330 g/mol. The molecule has 0 aliphatic rings. The fourth-order valence-corrected chi connectivity index (χ4v) is 2.58. The van der Waals surface area contributed by atoms with Crippen molar-refractivity contribution in [3.05, 3.63) is 65.2 Å². The van der Waals surface area contributed by atoms with Crippen LogP contribution in [0.15, 0.2) is 48.5 Å². The van der Waals surface area contributed by atoms with E-state index < -0.39 is 0 Å². The highest BCUT2D eigenvalue weighted by atomic mass is 16.5. The van der Waals surface area contributed by atoms with Gasteiger partial charge in [0.15, 0.2) is 11.5 Å². The number of rotatable bonds is 9. The standard InChI is InChI=1S/C20H25N3O3/c1-25-18-14-17(20(24)23-21)13-16(19(18)26-2)9-6-11-22-12-10-15-7-4-3-5-8-15/h3-9,13-14,22H,10-12,21H2,1-2H3,(H,23,24). The van der Waals surface area contributed by atoms with Crippen molar-refractivity contribution in [2.45, 2.75) is 6.42 Å². The summed E-state index contributed by atoms with van der Waals surface area (Å²) in [6, 6.07) is 13.6. The van der Waals surface area contributed by atoms with Crippen molar-refractivity contribution in [2.24, 2.45) is 5.84 Å². The molecule has 0 saturated carbocycles. The van der Waals surface area contributed by atoms with Crippen LogP contribution in [0.5, 0.6) is 11.5 Å². The van der Waals surface area contributed by atoms with Crippen LogP contribution in [0.2, 0.25) is 0 Å². The molecular formula is C20H25N3O3. The summed E-state index contributed by atoms with van der Waals surface area (Å²) in [4.78, 5) is 11.8. The molecule has 0 bridgehead atoms. The number of hydrazine groups is 1. The Bertz CT molecular complexity index is 745. The molecule has 0 aliphatic heterocycles. The predicted molar refractivity (Wildman–Crippen MR) is 103 cm³/mol. The molecule has 2 aromatic carbocycles. The van der Waals surface area contributed by atoms with Crippen molar-refractivity contribution >= 4 is 12.0 Å². The first-order valence-electron chi connectivity index (χ1n) is 8.37. The van der Waals surface area contributed by atoms with E-state index in [0.29, 0.717) is 23.6 Å². The molecule has 1 amide bonds. The van der Waals surface area contributed by atoms with Crippen molar-refractivity contribution in [3.8, 4) is 11.5 Å². The Kier molecular flexibility index (Phi) is 7.67. The van der Waals surface area contributed by atoms with E-state index in [4.69, 9.17) is 15.3 Å². The minimum Gasteiger partial charge on any atom is -0.493 e. The fraction of sp³-hybridized carbons (Fsp3) is 0.250. The Hall–Kier alpha value is -2.83. The van der Waals surface area contributed by atoms with Gasteiger partial charge in [0.25, 0.3) is 5.91 Å². The number of hydrogen-bond donors (Lipinski definition) is 3. The number of methoxy groups -OCH3 is 2. The molecule has 0 fully saturated rings. The number of carbonyl (C=O) groups excluding carboxylic acids is 1. The zero-order chi connectivity index (χ0) is 18.8. The van der Waals surface area contributed by atoms with Gasteiger partial charge >= 0.3 is 0 Å². The molecule has 2 aromatic rings. The van der Waals surface area contributed by atoms with Crippen LogP contribution < -0.4 is 26.1 Å². The Morgan fingerprint density at radius 3 is 2.58 bits per heavy atom. The summed E-state index contributed by atoms with van der Waals surface area (Å²) in [5.74, 6) is 5.88. The zero-order valence-electron chi connectivity index (χ0n) is 15.1. The van der Waals surface area contributed by atoms with Gasteiger partial charge in [0.1, 0.15) is 0 Å². The lowest BCUT2D eigenvalue weighted by molar-refractivity contribution is 0.0953. The summed E-state index contributed by atoms with van der Waals surface area (Å²) >= 11 is 0. The van der Waals surface area contributed by atoms with Crippen LogP contribution in [0.3, 0.4) is 0 Å². The number of ether oxygens (including phenoxy) is 2. The number of nitrogens with two attached hydrogens (primary N) is 1. The van der Waals surface area contributed by atoms with Crippen LogP contribution in [0.25, 0.3) is 6.08 Å². The Morgan fingerprint density at radius 2 is 1.92 bits per heavy atom. The van der Waals surface area contributed by atoms with Crippen molar-refractivity contribution in [1.82, 2.24) is 10.7 Å². The molecule has 2 rings (SSSR count). The second-order valence-electron chi connectivity index (χ2n) is 5.62. The van der Waals surface area contributed by atoms with E-state index >= 15 is 0 Å². The molecule has 6 nitrogen and oxygen atoms in total. The van der Waals surface area contributed by atoms with Crippen LogP contribution >= 0.6 is 0 Å². The van der Waals surface area contributed by atoms with Gasteiger partial charge < -0.3 is 14.8 Å². The summed E-state index contributed by atoms with van der Waals surface area (Å²) in [6.45, 7) is 1.58. The largest absolute Gasteiger partial charge is 0.493 e. The van der Waals surface area contributed by atoms with Gasteiger partial charge in [0.05, 0.1) is 14.2 Å². The first kappa shape index (κ1) is 19.5. The van der Waals surface area contributed by atoms with Crippen LogP contribution in [-0.4, -0.2) is 33.2 Å². The van der Waals surface area contributed by atoms with E-state index in [1.54, 1.807) is 19.2 Å². The van der Waals surface area contributed by atoms with E-state index in [9.17, 15) is 4.79 Å². The third-order valence-electron chi connectivity index (χ3n) is 3.89. The van der Waals surface area contributed by atoms with Crippen molar-refractivity contribution in [1.29, 1.82) is 0 Å². The average molecular weight is 355 g/mol. The predicted octanol–water partition coefficient (Wildman–Crippen LogP) is 2.15. The van der Waals surface area contributed by atoms with Crippen LogP contribution in [0.1, 0.15) is 21.5 Å². The summed E-state index contributed by atoms with van der Waals surface area (Å²) in [7, 11) is 3.09. The number of hydrogen-bond acceptors (Lipinski definition) is 5. The first-order valence-corrected chi connectivity index (χ1v) is 8.37. The van der Waals surface area contributed by atoms with Gasteiger partial charge in [0, 0.05) is 17.7 Å². The van der Waals surface area contributed by atoms with E-state index in [1.807, 2.05) is 30.4 Å². The molecule has 0 aliphatic carbocycles. The number of nitrogen functional groups attached to an aromatic ring is 1. The molecule has 0 atom stereocenters. The number of benzene rings is 2. The average Bonchev–Trinajstić information content (AvgIpc) is 2.69. The molecule has 0 spiro atoms. The molecule has 0 unspecified atom stereocenters. The maximum absolute atomic E-state index is 11.8. The number of amides is 1. The highest BCUT2D eigenvalue weighted by Gasteiger charge is 2.14. The fourth-order valence-electron chi connectivity index (χ4n) is 2.58. The molecule has 0 radical (unpaired) electrons. The van der Waals surface area contributed by atoms with Gasteiger partial charge in [-0.1, -0.05) is 42.5 Å². The smallest absolute Gasteiger partial charge is 0.265 e.